The highest BCUT2D eigenvalue weighted by molar-refractivity contribution is 5.85. The van der Waals surface area contributed by atoms with Gasteiger partial charge in [0.15, 0.2) is 0 Å². The second-order valence-corrected chi connectivity index (χ2v) is 10.5. The van der Waals surface area contributed by atoms with E-state index in [2.05, 4.69) is 29.0 Å². The first kappa shape index (κ1) is 23.7. The molecule has 0 unspecified atom stereocenters. The van der Waals surface area contributed by atoms with Crippen LogP contribution in [0.1, 0.15) is 60.3 Å². The van der Waals surface area contributed by atoms with Crippen LogP contribution in [-0.4, -0.2) is 72.8 Å². The predicted molar refractivity (Wildman–Crippen MR) is 116 cm³/mol. The lowest BCUT2D eigenvalue weighted by Gasteiger charge is -2.59. The summed E-state index contributed by atoms with van der Waals surface area (Å²) in [5.74, 6) is 0. The summed E-state index contributed by atoms with van der Waals surface area (Å²) in [4.78, 5) is 16.5. The number of ether oxygens (including phenoxy) is 1. The molecule has 2 aliphatic heterocycles. The van der Waals surface area contributed by atoms with Gasteiger partial charge < -0.3 is 25.6 Å². The second-order valence-electron chi connectivity index (χ2n) is 10.5. The van der Waals surface area contributed by atoms with Crippen LogP contribution in [-0.2, 0) is 4.74 Å². The molecule has 6 nitrogen and oxygen atoms in total. The van der Waals surface area contributed by atoms with Gasteiger partial charge >= 0.3 is 6.09 Å². The Morgan fingerprint density at radius 3 is 1.79 bits per heavy atom. The summed E-state index contributed by atoms with van der Waals surface area (Å²) in [7, 11) is 0. The van der Waals surface area contributed by atoms with Gasteiger partial charge in [0.1, 0.15) is 5.60 Å². The van der Waals surface area contributed by atoms with Crippen LogP contribution < -0.4 is 11.1 Å². The van der Waals surface area contributed by atoms with Crippen molar-refractivity contribution < 1.29 is 9.53 Å². The van der Waals surface area contributed by atoms with Crippen LogP contribution in [0, 0.1) is 10.8 Å². The Balaban J connectivity index is 0.000000217. The van der Waals surface area contributed by atoms with Gasteiger partial charge in [-0.15, -0.1) is 12.4 Å². The summed E-state index contributed by atoms with van der Waals surface area (Å²) in [5.41, 5.74) is 6.53. The summed E-state index contributed by atoms with van der Waals surface area (Å²) in [5, 5.41) is 2.95. The summed E-state index contributed by atoms with van der Waals surface area (Å²) >= 11 is 0. The molecule has 1 amide bonds. The largest absolute Gasteiger partial charge is 0.444 e. The zero-order chi connectivity index (χ0) is 19.9. The zero-order valence-electron chi connectivity index (χ0n) is 18.4. The van der Waals surface area contributed by atoms with E-state index in [-0.39, 0.29) is 18.5 Å². The molecule has 4 rings (SSSR count). The summed E-state index contributed by atoms with van der Waals surface area (Å²) in [6.45, 7) is 17.5. The van der Waals surface area contributed by atoms with Crippen molar-refractivity contribution in [1.82, 2.24) is 15.1 Å². The monoisotopic (exact) mass is 416 g/mol. The molecule has 4 aliphatic rings. The Morgan fingerprint density at radius 2 is 1.43 bits per heavy atom. The van der Waals surface area contributed by atoms with Crippen molar-refractivity contribution in [2.24, 2.45) is 16.6 Å². The molecule has 164 valence electrons. The molecule has 2 saturated carbocycles. The highest BCUT2D eigenvalue weighted by atomic mass is 35.5. The van der Waals surface area contributed by atoms with Gasteiger partial charge in [0.05, 0.1) is 0 Å². The number of carbonyl (C=O) groups excluding carboxylic acids is 1. The van der Waals surface area contributed by atoms with E-state index in [0.29, 0.717) is 22.9 Å². The number of nitrogens with two attached hydrogens (primary N) is 1. The number of hydrogen-bond donors (Lipinski definition) is 2. The summed E-state index contributed by atoms with van der Waals surface area (Å²) in [6.07, 6.45) is 4.52. The lowest BCUT2D eigenvalue weighted by molar-refractivity contribution is -0.0761. The van der Waals surface area contributed by atoms with Crippen molar-refractivity contribution in [3.05, 3.63) is 0 Å². The van der Waals surface area contributed by atoms with E-state index in [1.807, 2.05) is 20.8 Å². The van der Waals surface area contributed by atoms with Crippen LogP contribution >= 0.6 is 12.4 Å². The third-order valence-corrected chi connectivity index (χ3v) is 6.60. The number of carbonyl (C=O) groups is 1. The SMILES string of the molecule is CCN1CC2(CC(N)C2)C1.CCN1CC2(CC(NC(=O)OC(C)(C)C)C2)C1.Cl. The highest BCUT2D eigenvalue weighted by Gasteiger charge is 2.52. The van der Waals surface area contributed by atoms with E-state index in [1.165, 1.54) is 45.6 Å². The van der Waals surface area contributed by atoms with Crippen LogP contribution in [0.2, 0.25) is 0 Å². The molecule has 0 bridgehead atoms. The third kappa shape index (κ3) is 5.53. The standard InChI is InChI=1S/C13H24N2O2.C8H16N2.ClH/c1-5-15-8-13(9-15)6-10(7-13)14-11(16)17-12(2,3)4;1-2-10-5-8(6-10)3-7(9)4-8;/h10H,5-9H2,1-4H3,(H,14,16);7H,2-6,9H2,1H3;1H. The second kappa shape index (κ2) is 8.66. The van der Waals surface area contributed by atoms with Gasteiger partial charge in [-0.2, -0.15) is 0 Å². The maximum absolute atomic E-state index is 11.6. The van der Waals surface area contributed by atoms with Gasteiger partial charge in [-0.25, -0.2) is 4.79 Å². The molecular formula is C21H41ClN4O2. The molecule has 0 aromatic rings. The van der Waals surface area contributed by atoms with Crippen LogP contribution in [0.25, 0.3) is 0 Å². The molecule has 2 saturated heterocycles. The average Bonchev–Trinajstić information content (AvgIpc) is 2.41. The molecule has 2 heterocycles. The molecule has 0 aromatic carbocycles. The molecule has 7 heteroatoms. The Bertz CT molecular complexity index is 523. The molecule has 0 atom stereocenters. The number of hydrogen-bond acceptors (Lipinski definition) is 5. The van der Waals surface area contributed by atoms with Gasteiger partial charge in [-0.05, 0) is 70.4 Å². The fourth-order valence-corrected chi connectivity index (χ4v) is 5.38. The van der Waals surface area contributed by atoms with Crippen molar-refractivity contribution in [1.29, 1.82) is 0 Å². The first-order valence-corrected chi connectivity index (χ1v) is 10.8. The average molecular weight is 417 g/mol. The number of rotatable bonds is 3. The van der Waals surface area contributed by atoms with Crippen molar-refractivity contribution >= 4 is 18.5 Å². The Kier molecular flexibility index (Phi) is 7.34. The van der Waals surface area contributed by atoms with E-state index in [9.17, 15) is 4.79 Å². The van der Waals surface area contributed by atoms with Crippen molar-refractivity contribution in [2.75, 3.05) is 39.3 Å². The van der Waals surface area contributed by atoms with Crippen molar-refractivity contribution in [3.63, 3.8) is 0 Å². The molecule has 2 aliphatic carbocycles. The van der Waals surface area contributed by atoms with Gasteiger partial charge in [0.2, 0.25) is 0 Å². The summed E-state index contributed by atoms with van der Waals surface area (Å²) < 4.78 is 5.25. The first-order chi connectivity index (χ1) is 12.6. The molecule has 4 fully saturated rings. The maximum atomic E-state index is 11.6. The van der Waals surface area contributed by atoms with Gasteiger partial charge in [-0.1, -0.05) is 13.8 Å². The minimum atomic E-state index is -0.402. The maximum Gasteiger partial charge on any atom is 0.407 e. The lowest BCUT2D eigenvalue weighted by Crippen LogP contribution is -2.66. The third-order valence-electron chi connectivity index (χ3n) is 6.60. The van der Waals surface area contributed by atoms with Gasteiger partial charge in [0.25, 0.3) is 0 Å². The van der Waals surface area contributed by atoms with Crippen LogP contribution in [0.4, 0.5) is 4.79 Å². The molecular weight excluding hydrogens is 376 g/mol. The van der Waals surface area contributed by atoms with E-state index in [1.54, 1.807) is 0 Å². The smallest absolute Gasteiger partial charge is 0.407 e. The van der Waals surface area contributed by atoms with E-state index >= 15 is 0 Å². The van der Waals surface area contributed by atoms with Crippen LogP contribution in [0.5, 0.6) is 0 Å². The van der Waals surface area contributed by atoms with Gasteiger partial charge in [-0.3, -0.25) is 0 Å². The molecule has 3 N–H and O–H groups in total. The lowest BCUT2D eigenvalue weighted by atomic mass is 9.60. The number of likely N-dealkylation sites (tertiary alicyclic amines) is 2. The summed E-state index contributed by atoms with van der Waals surface area (Å²) in [6, 6.07) is 0.850. The minimum Gasteiger partial charge on any atom is -0.444 e. The predicted octanol–water partition coefficient (Wildman–Crippen LogP) is 2.85. The number of nitrogens with one attached hydrogen (secondary N) is 1. The van der Waals surface area contributed by atoms with Crippen molar-refractivity contribution in [3.8, 4) is 0 Å². The Morgan fingerprint density at radius 1 is 1.00 bits per heavy atom. The van der Waals surface area contributed by atoms with E-state index in [0.717, 1.165) is 19.4 Å². The zero-order valence-corrected chi connectivity index (χ0v) is 19.2. The number of nitrogens with zero attached hydrogens (tertiary/aromatic N) is 2. The number of alkyl carbamates (subject to hydrolysis) is 1. The van der Waals surface area contributed by atoms with Crippen LogP contribution in [0.15, 0.2) is 0 Å². The number of halogens is 1. The number of amides is 1. The molecule has 2 spiro atoms. The van der Waals surface area contributed by atoms with E-state index in [4.69, 9.17) is 10.5 Å². The minimum absolute atomic E-state index is 0. The molecule has 0 aromatic heterocycles. The topological polar surface area (TPSA) is 70.8 Å². The normalized spacial score (nSPS) is 25.9. The van der Waals surface area contributed by atoms with Crippen LogP contribution in [0.3, 0.4) is 0 Å². The Hall–Kier alpha value is -0.560. The quantitative estimate of drug-likeness (QED) is 0.740. The first-order valence-electron chi connectivity index (χ1n) is 10.8. The Labute approximate surface area is 177 Å². The highest BCUT2D eigenvalue weighted by Crippen LogP contribution is 2.48. The fourth-order valence-electron chi connectivity index (χ4n) is 5.38. The van der Waals surface area contributed by atoms with Gasteiger partial charge in [0, 0.05) is 38.3 Å². The molecule has 0 radical (unpaired) electrons. The molecule has 28 heavy (non-hydrogen) atoms. The van der Waals surface area contributed by atoms with E-state index < -0.39 is 5.60 Å². The van der Waals surface area contributed by atoms with Crippen molar-refractivity contribution in [2.45, 2.75) is 78.0 Å². The fraction of sp³-hybridized carbons (Fsp3) is 0.952.